The number of rotatable bonds is 9. The van der Waals surface area contributed by atoms with Gasteiger partial charge in [-0.3, -0.25) is 4.98 Å². The molecule has 1 aromatic heterocycles. The van der Waals surface area contributed by atoms with E-state index in [4.69, 9.17) is 0 Å². The van der Waals surface area contributed by atoms with Crippen molar-refractivity contribution in [3.63, 3.8) is 0 Å². The zero-order valence-corrected chi connectivity index (χ0v) is 11.5. The van der Waals surface area contributed by atoms with Gasteiger partial charge in [0.05, 0.1) is 5.75 Å². The Labute approximate surface area is 109 Å². The lowest BCUT2D eigenvalue weighted by Gasteiger charge is -2.06. The molecule has 0 saturated heterocycles. The second-order valence-electron chi connectivity index (χ2n) is 4.06. The molecule has 2 N–H and O–H groups in total. The van der Waals surface area contributed by atoms with Crippen LogP contribution in [0.4, 0.5) is 0 Å². The second-order valence-corrected chi connectivity index (χ2v) is 5.99. The molecule has 1 heterocycles. The summed E-state index contributed by atoms with van der Waals surface area (Å²) in [4.78, 5) is 3.94. The molecule has 0 aliphatic carbocycles. The Morgan fingerprint density at radius 2 is 2.17 bits per heavy atom. The number of pyridine rings is 1. The molecule has 0 spiro atoms. The Morgan fingerprint density at radius 1 is 1.33 bits per heavy atom. The van der Waals surface area contributed by atoms with Crippen molar-refractivity contribution in [2.75, 3.05) is 18.8 Å². The lowest BCUT2D eigenvalue weighted by Crippen LogP contribution is -2.26. The SMILES string of the molecule is CCNCCCCS(=O)(=O)NCc1cccnc1. The average molecular weight is 271 g/mol. The van der Waals surface area contributed by atoms with E-state index in [-0.39, 0.29) is 5.75 Å². The molecule has 0 saturated carbocycles. The predicted octanol–water partition coefficient (Wildman–Crippen LogP) is 0.891. The minimum absolute atomic E-state index is 0.179. The molecule has 0 fully saturated rings. The molecule has 0 radical (unpaired) electrons. The van der Waals surface area contributed by atoms with Gasteiger partial charge in [-0.15, -0.1) is 0 Å². The smallest absolute Gasteiger partial charge is 0.211 e. The van der Waals surface area contributed by atoms with Crippen LogP contribution in [0.5, 0.6) is 0 Å². The highest BCUT2D eigenvalue weighted by molar-refractivity contribution is 7.89. The van der Waals surface area contributed by atoms with Crippen LogP contribution in [-0.2, 0) is 16.6 Å². The predicted molar refractivity (Wildman–Crippen MR) is 72.6 cm³/mol. The molecule has 18 heavy (non-hydrogen) atoms. The molecule has 0 aliphatic rings. The van der Waals surface area contributed by atoms with Gasteiger partial charge in [0, 0.05) is 18.9 Å². The third-order valence-corrected chi connectivity index (χ3v) is 3.90. The summed E-state index contributed by atoms with van der Waals surface area (Å²) in [5.74, 6) is 0.179. The number of nitrogens with one attached hydrogen (secondary N) is 2. The van der Waals surface area contributed by atoms with Crippen LogP contribution in [0.15, 0.2) is 24.5 Å². The van der Waals surface area contributed by atoms with E-state index < -0.39 is 10.0 Å². The maximum atomic E-state index is 11.7. The number of unbranched alkanes of at least 4 members (excludes halogenated alkanes) is 1. The molecule has 0 unspecified atom stereocenters. The van der Waals surface area contributed by atoms with Crippen LogP contribution in [0.25, 0.3) is 0 Å². The Balaban J connectivity index is 2.23. The van der Waals surface area contributed by atoms with Crippen LogP contribution in [0.1, 0.15) is 25.3 Å². The lowest BCUT2D eigenvalue weighted by atomic mass is 10.3. The van der Waals surface area contributed by atoms with E-state index in [0.717, 1.165) is 25.1 Å². The molecule has 0 bridgehead atoms. The van der Waals surface area contributed by atoms with Gasteiger partial charge in [-0.05, 0) is 37.6 Å². The van der Waals surface area contributed by atoms with Crippen molar-refractivity contribution in [3.05, 3.63) is 30.1 Å². The van der Waals surface area contributed by atoms with Crippen LogP contribution < -0.4 is 10.0 Å². The number of nitrogens with zero attached hydrogens (tertiary/aromatic N) is 1. The average Bonchev–Trinajstić information content (AvgIpc) is 2.38. The number of hydrogen-bond donors (Lipinski definition) is 2. The van der Waals surface area contributed by atoms with Crippen molar-refractivity contribution in [2.45, 2.75) is 26.3 Å². The minimum atomic E-state index is -3.17. The van der Waals surface area contributed by atoms with E-state index in [0.29, 0.717) is 13.0 Å². The first kappa shape index (κ1) is 15.1. The molecule has 0 atom stereocenters. The molecule has 0 amide bonds. The molecule has 0 aromatic carbocycles. The van der Waals surface area contributed by atoms with Crippen LogP contribution >= 0.6 is 0 Å². The Hall–Kier alpha value is -0.980. The summed E-state index contributed by atoms with van der Waals surface area (Å²) >= 11 is 0. The molecule has 6 heteroatoms. The number of hydrogen-bond acceptors (Lipinski definition) is 4. The van der Waals surface area contributed by atoms with Gasteiger partial charge < -0.3 is 5.32 Å². The Morgan fingerprint density at radius 3 is 2.83 bits per heavy atom. The first-order chi connectivity index (χ1) is 8.64. The highest BCUT2D eigenvalue weighted by Crippen LogP contribution is 1.98. The highest BCUT2D eigenvalue weighted by Gasteiger charge is 2.09. The molecule has 1 rings (SSSR count). The van der Waals surface area contributed by atoms with Crippen LogP contribution in [0.2, 0.25) is 0 Å². The van der Waals surface area contributed by atoms with E-state index in [1.165, 1.54) is 0 Å². The summed E-state index contributed by atoms with van der Waals surface area (Å²) in [6.07, 6.45) is 4.88. The van der Waals surface area contributed by atoms with Crippen molar-refractivity contribution < 1.29 is 8.42 Å². The fraction of sp³-hybridized carbons (Fsp3) is 0.583. The van der Waals surface area contributed by atoms with Gasteiger partial charge in [-0.25, -0.2) is 13.1 Å². The lowest BCUT2D eigenvalue weighted by molar-refractivity contribution is 0.574. The van der Waals surface area contributed by atoms with Gasteiger partial charge in [0.1, 0.15) is 0 Å². The zero-order valence-electron chi connectivity index (χ0n) is 10.7. The molecule has 102 valence electrons. The monoisotopic (exact) mass is 271 g/mol. The fourth-order valence-electron chi connectivity index (χ4n) is 1.49. The van der Waals surface area contributed by atoms with Gasteiger partial charge in [0.25, 0.3) is 0 Å². The van der Waals surface area contributed by atoms with Crippen molar-refractivity contribution in [2.24, 2.45) is 0 Å². The number of sulfonamides is 1. The van der Waals surface area contributed by atoms with E-state index >= 15 is 0 Å². The molecule has 5 nitrogen and oxygen atoms in total. The summed E-state index contributed by atoms with van der Waals surface area (Å²) < 4.78 is 25.9. The van der Waals surface area contributed by atoms with Crippen molar-refractivity contribution in [1.82, 2.24) is 15.0 Å². The third kappa shape index (κ3) is 6.68. The summed E-state index contributed by atoms with van der Waals surface area (Å²) in [7, 11) is -3.17. The fourth-order valence-corrected chi connectivity index (χ4v) is 2.60. The third-order valence-electron chi connectivity index (χ3n) is 2.49. The standard InChI is InChI=1S/C12H21N3O2S/c1-2-13-7-3-4-9-18(16,17)15-11-12-6-5-8-14-10-12/h5-6,8,10,13,15H,2-4,7,9,11H2,1H3. The van der Waals surface area contributed by atoms with Crippen LogP contribution in [0, 0.1) is 0 Å². The van der Waals surface area contributed by atoms with Gasteiger partial charge in [0.2, 0.25) is 10.0 Å². The summed E-state index contributed by atoms with van der Waals surface area (Å²) in [6.45, 7) is 4.14. The van der Waals surface area contributed by atoms with Crippen molar-refractivity contribution >= 4 is 10.0 Å². The molecular weight excluding hydrogens is 250 g/mol. The Kier molecular flexibility index (Phi) is 6.85. The second kappa shape index (κ2) is 8.18. The van der Waals surface area contributed by atoms with E-state index in [9.17, 15) is 8.42 Å². The summed E-state index contributed by atoms with van der Waals surface area (Å²) in [5.41, 5.74) is 0.869. The molecular formula is C12H21N3O2S. The maximum absolute atomic E-state index is 11.7. The number of aromatic nitrogens is 1. The molecule has 0 aliphatic heterocycles. The zero-order chi connectivity index (χ0) is 13.3. The van der Waals surface area contributed by atoms with Gasteiger partial charge >= 0.3 is 0 Å². The van der Waals surface area contributed by atoms with Gasteiger partial charge in [0.15, 0.2) is 0 Å². The van der Waals surface area contributed by atoms with Gasteiger partial charge in [-0.2, -0.15) is 0 Å². The maximum Gasteiger partial charge on any atom is 0.211 e. The minimum Gasteiger partial charge on any atom is -0.317 e. The summed E-state index contributed by atoms with van der Waals surface area (Å²) in [6, 6.07) is 3.64. The normalized spacial score (nSPS) is 11.6. The van der Waals surface area contributed by atoms with E-state index in [2.05, 4.69) is 15.0 Å². The first-order valence-corrected chi connectivity index (χ1v) is 7.86. The Bertz CT molecular complexity index is 420. The van der Waals surface area contributed by atoms with E-state index in [1.54, 1.807) is 18.5 Å². The van der Waals surface area contributed by atoms with E-state index in [1.807, 2.05) is 13.0 Å². The van der Waals surface area contributed by atoms with Gasteiger partial charge in [-0.1, -0.05) is 13.0 Å². The topological polar surface area (TPSA) is 71.1 Å². The first-order valence-electron chi connectivity index (χ1n) is 6.21. The summed E-state index contributed by atoms with van der Waals surface area (Å²) in [5, 5.41) is 3.17. The van der Waals surface area contributed by atoms with Crippen molar-refractivity contribution in [1.29, 1.82) is 0 Å². The van der Waals surface area contributed by atoms with Crippen LogP contribution in [-0.4, -0.2) is 32.2 Å². The quantitative estimate of drug-likeness (QED) is 0.654. The largest absolute Gasteiger partial charge is 0.317 e. The van der Waals surface area contributed by atoms with Crippen molar-refractivity contribution in [3.8, 4) is 0 Å². The molecule has 1 aromatic rings. The highest BCUT2D eigenvalue weighted by atomic mass is 32.2. The van der Waals surface area contributed by atoms with Crippen LogP contribution in [0.3, 0.4) is 0 Å².